The van der Waals surface area contributed by atoms with E-state index in [0.717, 1.165) is 6.08 Å². The predicted molar refractivity (Wildman–Crippen MR) is 61.2 cm³/mol. The number of benzene rings is 1. The van der Waals surface area contributed by atoms with E-state index >= 15 is 0 Å². The molecule has 0 aliphatic carbocycles. The monoisotopic (exact) mass is 288 g/mol. The zero-order chi connectivity index (χ0) is 12.3. The number of alkyl halides is 3. The molecule has 0 fully saturated rings. The van der Waals surface area contributed by atoms with Gasteiger partial charge < -0.3 is 0 Å². The van der Waals surface area contributed by atoms with E-state index in [-0.39, 0.29) is 15.1 Å². The number of rotatable bonds is 2. The van der Waals surface area contributed by atoms with Crippen molar-refractivity contribution in [2.45, 2.75) is 12.6 Å². The van der Waals surface area contributed by atoms with E-state index in [1.807, 2.05) is 0 Å². The Bertz CT molecular complexity index is 387. The van der Waals surface area contributed by atoms with Gasteiger partial charge in [-0.1, -0.05) is 47.0 Å². The molecule has 0 radical (unpaired) electrons. The molecule has 0 aliphatic rings. The third-order valence-corrected chi connectivity index (χ3v) is 2.86. The molecule has 0 aliphatic heterocycles. The summed E-state index contributed by atoms with van der Waals surface area (Å²) in [6.45, 7) is 0. The molecule has 16 heavy (non-hydrogen) atoms. The smallest absolute Gasteiger partial charge is 0.171 e. The van der Waals surface area contributed by atoms with E-state index in [2.05, 4.69) is 0 Å². The summed E-state index contributed by atoms with van der Waals surface area (Å²) in [5, 5.41) is 0.609. The van der Waals surface area contributed by atoms with Gasteiger partial charge in [0, 0.05) is 0 Å². The van der Waals surface area contributed by atoms with Gasteiger partial charge in [-0.2, -0.15) is 13.2 Å². The van der Waals surface area contributed by atoms with Gasteiger partial charge in [-0.3, -0.25) is 0 Å². The summed E-state index contributed by atoms with van der Waals surface area (Å²) in [6, 6.07) is 2.89. The van der Waals surface area contributed by atoms with Crippen molar-refractivity contribution in [3.63, 3.8) is 0 Å². The van der Waals surface area contributed by atoms with Gasteiger partial charge in [-0.25, -0.2) is 0 Å². The van der Waals surface area contributed by atoms with Gasteiger partial charge in [0.05, 0.1) is 21.5 Å². The van der Waals surface area contributed by atoms with Gasteiger partial charge in [0.1, 0.15) is 0 Å². The Kier molecular flexibility index (Phi) is 4.53. The Hall–Kier alpha value is -0.380. The minimum absolute atomic E-state index is 0.191. The van der Waals surface area contributed by atoms with Crippen LogP contribution in [0.5, 0.6) is 0 Å². The van der Waals surface area contributed by atoms with Crippen LogP contribution in [0.15, 0.2) is 18.2 Å². The fraction of sp³-hybridized carbons (Fsp3) is 0.200. The zero-order valence-electron chi connectivity index (χ0n) is 7.78. The fourth-order valence-electron chi connectivity index (χ4n) is 1.000. The first-order valence-corrected chi connectivity index (χ1v) is 5.31. The lowest BCUT2D eigenvalue weighted by Gasteiger charge is -2.02. The van der Waals surface area contributed by atoms with E-state index in [4.69, 9.17) is 34.8 Å². The van der Waals surface area contributed by atoms with E-state index in [1.165, 1.54) is 18.2 Å². The topological polar surface area (TPSA) is 0 Å². The summed E-state index contributed by atoms with van der Waals surface area (Å²) in [6.07, 6.45) is -2.92. The lowest BCUT2D eigenvalue weighted by atomic mass is 10.2. The molecule has 0 unspecified atom stereocenters. The molecule has 1 aromatic carbocycles. The molecule has 0 bridgehead atoms. The molecule has 0 saturated heterocycles. The first-order chi connectivity index (χ1) is 7.29. The number of allylic oxidation sites excluding steroid dienone is 1. The van der Waals surface area contributed by atoms with Crippen LogP contribution in [0.2, 0.25) is 15.1 Å². The quantitative estimate of drug-likeness (QED) is 0.621. The molecule has 88 valence electrons. The van der Waals surface area contributed by atoms with Crippen LogP contribution >= 0.6 is 34.8 Å². The highest BCUT2D eigenvalue weighted by atomic mass is 35.5. The second-order valence-electron chi connectivity index (χ2n) is 3.02. The Morgan fingerprint density at radius 1 is 1.06 bits per heavy atom. The van der Waals surface area contributed by atoms with E-state index in [9.17, 15) is 13.2 Å². The minimum atomic E-state index is -4.21. The lowest BCUT2D eigenvalue weighted by molar-refractivity contribution is -0.124. The third kappa shape index (κ3) is 4.24. The summed E-state index contributed by atoms with van der Waals surface area (Å²) in [7, 11) is 0. The normalized spacial score (nSPS) is 12.4. The maximum absolute atomic E-state index is 11.9. The largest absolute Gasteiger partial charge is 0.392 e. The summed E-state index contributed by atoms with van der Waals surface area (Å²) < 4.78 is 35.6. The van der Waals surface area contributed by atoms with Crippen LogP contribution in [0, 0.1) is 0 Å². The summed E-state index contributed by atoms with van der Waals surface area (Å²) in [5.74, 6) is 0. The Morgan fingerprint density at radius 2 is 1.56 bits per heavy atom. The highest BCUT2D eigenvalue weighted by Gasteiger charge is 2.24. The standard InChI is InChI=1S/C10H6Cl3F3/c11-7-4-6(5-8(12)9(7)13)2-1-3-10(14,15)16/h1-2,4-5H,3H2. The van der Waals surface area contributed by atoms with Crippen LogP contribution < -0.4 is 0 Å². The average molecular weight is 290 g/mol. The average Bonchev–Trinajstić information content (AvgIpc) is 2.12. The molecular weight excluding hydrogens is 283 g/mol. The van der Waals surface area contributed by atoms with Crippen molar-refractivity contribution in [2.75, 3.05) is 0 Å². The van der Waals surface area contributed by atoms with Gasteiger partial charge in [-0.15, -0.1) is 0 Å². The second kappa shape index (κ2) is 5.30. The summed E-state index contributed by atoms with van der Waals surface area (Å²) in [5.41, 5.74) is 0.476. The van der Waals surface area contributed by atoms with Crippen LogP contribution in [0.4, 0.5) is 13.2 Å². The molecule has 0 atom stereocenters. The first kappa shape index (κ1) is 13.7. The van der Waals surface area contributed by atoms with Crippen LogP contribution in [0.25, 0.3) is 6.08 Å². The van der Waals surface area contributed by atoms with Gasteiger partial charge in [0.2, 0.25) is 0 Å². The van der Waals surface area contributed by atoms with Crippen molar-refractivity contribution in [1.82, 2.24) is 0 Å². The zero-order valence-corrected chi connectivity index (χ0v) is 10.1. The molecule has 0 nitrogen and oxygen atoms in total. The molecule has 0 spiro atoms. The molecule has 1 rings (SSSR count). The van der Waals surface area contributed by atoms with Crippen molar-refractivity contribution < 1.29 is 13.2 Å². The maximum Gasteiger partial charge on any atom is 0.392 e. The van der Waals surface area contributed by atoms with Gasteiger partial charge in [0.25, 0.3) is 0 Å². The van der Waals surface area contributed by atoms with Crippen LogP contribution in [0.1, 0.15) is 12.0 Å². The first-order valence-electron chi connectivity index (χ1n) is 4.17. The molecule has 0 amide bonds. The van der Waals surface area contributed by atoms with Gasteiger partial charge in [-0.05, 0) is 17.7 Å². The van der Waals surface area contributed by atoms with Crippen LogP contribution in [0.3, 0.4) is 0 Å². The van der Waals surface area contributed by atoms with Gasteiger partial charge >= 0.3 is 6.18 Å². The van der Waals surface area contributed by atoms with Crippen molar-refractivity contribution >= 4 is 40.9 Å². The molecule has 0 heterocycles. The second-order valence-corrected chi connectivity index (χ2v) is 4.21. The van der Waals surface area contributed by atoms with E-state index in [0.29, 0.717) is 5.56 Å². The Morgan fingerprint density at radius 3 is 2.00 bits per heavy atom. The molecule has 1 aromatic rings. The number of hydrogen-bond donors (Lipinski definition) is 0. The highest BCUT2D eigenvalue weighted by Crippen LogP contribution is 2.31. The van der Waals surface area contributed by atoms with Crippen molar-refractivity contribution in [3.8, 4) is 0 Å². The molecule has 0 saturated carbocycles. The lowest BCUT2D eigenvalue weighted by Crippen LogP contribution is -2.03. The fourth-order valence-corrected chi connectivity index (χ4v) is 1.61. The van der Waals surface area contributed by atoms with Gasteiger partial charge in [0.15, 0.2) is 0 Å². The van der Waals surface area contributed by atoms with E-state index in [1.54, 1.807) is 0 Å². The molecule has 0 aromatic heterocycles. The van der Waals surface area contributed by atoms with Crippen molar-refractivity contribution in [1.29, 1.82) is 0 Å². The van der Waals surface area contributed by atoms with Crippen LogP contribution in [-0.4, -0.2) is 6.18 Å². The molecule has 6 heteroatoms. The van der Waals surface area contributed by atoms with Crippen LogP contribution in [-0.2, 0) is 0 Å². The third-order valence-electron chi connectivity index (χ3n) is 1.67. The Labute approximate surface area is 106 Å². The molecule has 0 N–H and O–H groups in total. The van der Waals surface area contributed by atoms with Crippen molar-refractivity contribution in [2.24, 2.45) is 0 Å². The predicted octanol–water partition coefficient (Wildman–Crippen LogP) is 5.61. The van der Waals surface area contributed by atoms with E-state index < -0.39 is 12.6 Å². The minimum Gasteiger partial charge on any atom is -0.171 e. The number of hydrogen-bond acceptors (Lipinski definition) is 0. The summed E-state index contributed by atoms with van der Waals surface area (Å²) in [4.78, 5) is 0. The van der Waals surface area contributed by atoms with Crippen molar-refractivity contribution in [3.05, 3.63) is 38.8 Å². The highest BCUT2D eigenvalue weighted by molar-refractivity contribution is 6.48. The SMILES string of the molecule is FC(F)(F)CC=Cc1cc(Cl)c(Cl)c(Cl)c1. The molecular formula is C10H6Cl3F3. The number of halogens is 6. The maximum atomic E-state index is 11.9. The summed E-state index contributed by atoms with van der Waals surface area (Å²) >= 11 is 17.1. The Balaban J connectivity index is 2.83.